The number of allylic oxidation sites excluding steroid dienone is 2. The second kappa shape index (κ2) is 7.13. The van der Waals surface area contributed by atoms with Gasteiger partial charge < -0.3 is 0 Å². The van der Waals surface area contributed by atoms with Crippen molar-refractivity contribution in [3.05, 3.63) is 23.6 Å². The first-order valence-electron chi connectivity index (χ1n) is 5.78. The first-order valence-corrected chi connectivity index (χ1v) is 7.93. The van der Waals surface area contributed by atoms with E-state index in [1.54, 1.807) is 0 Å². The molecule has 0 spiro atoms. The summed E-state index contributed by atoms with van der Waals surface area (Å²) in [7, 11) is -0.501. The van der Waals surface area contributed by atoms with Crippen molar-refractivity contribution in [2.45, 2.75) is 51.5 Å². The van der Waals surface area contributed by atoms with E-state index >= 15 is 0 Å². The molecule has 1 aliphatic rings. The molecule has 0 bridgehead atoms. The first kappa shape index (κ1) is 10.8. The summed E-state index contributed by atoms with van der Waals surface area (Å²) in [5.41, 5.74) is 4.90. The van der Waals surface area contributed by atoms with Gasteiger partial charge in [-0.25, -0.2) is 0 Å². The Morgan fingerprint density at radius 1 is 0.846 bits per heavy atom. The summed E-state index contributed by atoms with van der Waals surface area (Å²) in [6.07, 6.45) is 13.1. The molecule has 1 rings (SSSR count). The van der Waals surface area contributed by atoms with Crippen LogP contribution in [0.2, 0.25) is 6.04 Å². The minimum atomic E-state index is -0.501. The molecule has 0 aromatic heterocycles. The van der Waals surface area contributed by atoms with Gasteiger partial charge in [0.15, 0.2) is 0 Å². The zero-order chi connectivity index (χ0) is 9.36. The molecule has 0 amide bonds. The molecule has 0 fully saturated rings. The lowest BCUT2D eigenvalue weighted by Gasteiger charge is -2.02. The van der Waals surface area contributed by atoms with E-state index in [1.165, 1.54) is 44.6 Å². The van der Waals surface area contributed by atoms with Crippen LogP contribution in [0.4, 0.5) is 0 Å². The van der Waals surface area contributed by atoms with Crippen molar-refractivity contribution >= 4 is 8.80 Å². The van der Waals surface area contributed by atoms with E-state index in [-0.39, 0.29) is 0 Å². The van der Waals surface area contributed by atoms with Gasteiger partial charge in [0.1, 0.15) is 0 Å². The Hall–Kier alpha value is -0.303. The van der Waals surface area contributed by atoms with Gasteiger partial charge in [-0.05, 0) is 0 Å². The van der Waals surface area contributed by atoms with Crippen molar-refractivity contribution in [2.75, 3.05) is 0 Å². The van der Waals surface area contributed by atoms with Crippen molar-refractivity contribution in [3.8, 4) is 0 Å². The first-order chi connectivity index (χ1) is 6.43. The van der Waals surface area contributed by atoms with Crippen LogP contribution in [-0.2, 0) is 0 Å². The maximum Gasteiger partial charge on any atom is 0.0852 e. The SMILES string of the molecule is CCCCCCCC[SiH]1C=CC=C1. The molecule has 0 unspecified atom stereocenters. The van der Waals surface area contributed by atoms with Crippen LogP contribution in [0.25, 0.3) is 0 Å². The highest BCUT2D eigenvalue weighted by atomic mass is 28.3. The molecule has 0 aromatic carbocycles. The molecule has 0 nitrogen and oxygen atoms in total. The fourth-order valence-electron chi connectivity index (χ4n) is 1.83. The molecule has 13 heavy (non-hydrogen) atoms. The van der Waals surface area contributed by atoms with Gasteiger partial charge in [-0.2, -0.15) is 0 Å². The van der Waals surface area contributed by atoms with E-state index in [9.17, 15) is 0 Å². The Balaban J connectivity index is 1.84. The third-order valence-corrected chi connectivity index (χ3v) is 5.23. The number of rotatable bonds is 7. The van der Waals surface area contributed by atoms with Crippen LogP contribution in [0.3, 0.4) is 0 Å². The third-order valence-electron chi connectivity index (χ3n) is 2.72. The fraction of sp³-hybridized carbons (Fsp3) is 0.667. The van der Waals surface area contributed by atoms with Crippen LogP contribution in [-0.4, -0.2) is 8.80 Å². The Labute approximate surface area is 84.3 Å². The van der Waals surface area contributed by atoms with Crippen LogP contribution in [0.15, 0.2) is 23.6 Å². The Morgan fingerprint density at radius 2 is 1.46 bits per heavy atom. The van der Waals surface area contributed by atoms with E-state index < -0.39 is 8.80 Å². The standard InChI is InChI=1S/C12H22Si/c1-2-3-4-5-6-7-10-13-11-8-9-12-13/h8-9,11-13H,2-7,10H2,1H3. The minimum Gasteiger partial charge on any atom is -0.0935 e. The van der Waals surface area contributed by atoms with Gasteiger partial charge in [0.25, 0.3) is 0 Å². The van der Waals surface area contributed by atoms with E-state index in [0.717, 1.165) is 0 Å². The Kier molecular flexibility index (Phi) is 5.91. The lowest BCUT2D eigenvalue weighted by molar-refractivity contribution is 0.624. The minimum absolute atomic E-state index is 0.501. The zero-order valence-electron chi connectivity index (χ0n) is 8.84. The number of hydrogen-bond donors (Lipinski definition) is 0. The van der Waals surface area contributed by atoms with E-state index in [4.69, 9.17) is 0 Å². The predicted octanol–water partition coefficient (Wildman–Crippen LogP) is 3.78. The summed E-state index contributed by atoms with van der Waals surface area (Å²) in [6.45, 7) is 2.28. The van der Waals surface area contributed by atoms with Crippen molar-refractivity contribution in [1.29, 1.82) is 0 Å². The largest absolute Gasteiger partial charge is 0.0935 e. The average Bonchev–Trinajstić information content (AvgIpc) is 2.63. The van der Waals surface area contributed by atoms with Crippen molar-refractivity contribution in [3.63, 3.8) is 0 Å². The van der Waals surface area contributed by atoms with Gasteiger partial charge in [-0.1, -0.05) is 75.0 Å². The summed E-state index contributed by atoms with van der Waals surface area (Å²) in [6, 6.07) is 1.50. The summed E-state index contributed by atoms with van der Waals surface area (Å²) in [5, 5.41) is 0. The van der Waals surface area contributed by atoms with Gasteiger partial charge in [-0.15, -0.1) is 0 Å². The highest BCUT2D eigenvalue weighted by molar-refractivity contribution is 6.70. The molecule has 0 radical (unpaired) electrons. The molecule has 0 atom stereocenters. The van der Waals surface area contributed by atoms with Gasteiger partial charge in [0.05, 0.1) is 8.80 Å². The van der Waals surface area contributed by atoms with E-state index in [2.05, 4.69) is 30.5 Å². The third kappa shape index (κ3) is 5.09. The van der Waals surface area contributed by atoms with Crippen molar-refractivity contribution in [2.24, 2.45) is 0 Å². The predicted molar refractivity (Wildman–Crippen MR) is 63.6 cm³/mol. The van der Waals surface area contributed by atoms with Gasteiger partial charge >= 0.3 is 0 Å². The second-order valence-corrected chi connectivity index (χ2v) is 6.66. The normalized spacial score (nSPS) is 15.8. The highest BCUT2D eigenvalue weighted by Crippen LogP contribution is 2.12. The highest BCUT2D eigenvalue weighted by Gasteiger charge is 2.04. The molecule has 74 valence electrons. The van der Waals surface area contributed by atoms with Gasteiger partial charge in [-0.3, -0.25) is 0 Å². The summed E-state index contributed by atoms with van der Waals surface area (Å²) < 4.78 is 0. The van der Waals surface area contributed by atoms with Crippen LogP contribution in [0, 0.1) is 0 Å². The van der Waals surface area contributed by atoms with E-state index in [1.807, 2.05) is 0 Å². The summed E-state index contributed by atoms with van der Waals surface area (Å²) in [5.74, 6) is 0. The van der Waals surface area contributed by atoms with Crippen molar-refractivity contribution in [1.82, 2.24) is 0 Å². The topological polar surface area (TPSA) is 0 Å². The van der Waals surface area contributed by atoms with Crippen molar-refractivity contribution < 1.29 is 0 Å². The molecular weight excluding hydrogens is 172 g/mol. The van der Waals surface area contributed by atoms with Crippen LogP contribution < -0.4 is 0 Å². The smallest absolute Gasteiger partial charge is 0.0852 e. The Bertz CT molecular complexity index is 158. The molecule has 0 saturated carbocycles. The van der Waals surface area contributed by atoms with Crippen LogP contribution in [0.5, 0.6) is 0 Å². The van der Waals surface area contributed by atoms with Crippen LogP contribution >= 0.6 is 0 Å². The van der Waals surface area contributed by atoms with Crippen LogP contribution in [0.1, 0.15) is 45.4 Å². The Morgan fingerprint density at radius 3 is 2.15 bits per heavy atom. The summed E-state index contributed by atoms with van der Waals surface area (Å²) in [4.78, 5) is 0. The number of hydrogen-bond acceptors (Lipinski definition) is 0. The molecule has 0 aromatic rings. The second-order valence-electron chi connectivity index (χ2n) is 3.99. The molecule has 0 saturated heterocycles. The average molecular weight is 194 g/mol. The van der Waals surface area contributed by atoms with Gasteiger partial charge in [0.2, 0.25) is 0 Å². The van der Waals surface area contributed by atoms with Gasteiger partial charge in [0, 0.05) is 0 Å². The monoisotopic (exact) mass is 194 g/mol. The quantitative estimate of drug-likeness (QED) is 0.427. The number of unbranched alkanes of at least 4 members (excludes halogenated alkanes) is 5. The molecular formula is C12H22Si. The lowest BCUT2D eigenvalue weighted by atomic mass is 10.1. The maximum atomic E-state index is 2.45. The van der Waals surface area contributed by atoms with E-state index in [0.29, 0.717) is 0 Å². The molecule has 1 aliphatic heterocycles. The molecule has 0 aliphatic carbocycles. The maximum absolute atomic E-state index is 2.45. The fourth-order valence-corrected chi connectivity index (χ4v) is 3.93. The molecule has 1 heteroatoms. The summed E-state index contributed by atoms with van der Waals surface area (Å²) >= 11 is 0. The molecule has 1 heterocycles. The molecule has 0 N–H and O–H groups in total. The lowest BCUT2D eigenvalue weighted by Crippen LogP contribution is -2.01. The zero-order valence-corrected chi connectivity index (χ0v) is 9.99.